The summed E-state index contributed by atoms with van der Waals surface area (Å²) in [7, 11) is 0. The SMILES string of the molecule is Cc1occc1-c1nnc(S[C@H](C(=O)NC(N)=O)C(C)C)o1. The number of nitrogens with two attached hydrogens (primary N) is 1. The first kappa shape index (κ1) is 16.1. The van der Waals surface area contributed by atoms with Crippen LogP contribution in [-0.2, 0) is 4.79 Å². The Hall–Kier alpha value is -2.29. The number of thioether (sulfide) groups is 1. The fourth-order valence-corrected chi connectivity index (χ4v) is 2.64. The molecule has 0 spiro atoms. The zero-order valence-corrected chi connectivity index (χ0v) is 13.1. The first-order chi connectivity index (χ1) is 10.4. The van der Waals surface area contributed by atoms with Crippen molar-refractivity contribution in [2.75, 3.05) is 0 Å². The Morgan fingerprint density at radius 2 is 2.09 bits per heavy atom. The number of nitrogens with one attached hydrogen (secondary N) is 1. The lowest BCUT2D eigenvalue weighted by Crippen LogP contribution is -2.42. The van der Waals surface area contributed by atoms with Gasteiger partial charge in [-0.2, -0.15) is 0 Å². The van der Waals surface area contributed by atoms with Crippen molar-refractivity contribution < 1.29 is 18.4 Å². The molecule has 0 unspecified atom stereocenters. The minimum absolute atomic E-state index is 0.0599. The summed E-state index contributed by atoms with van der Waals surface area (Å²) in [5.41, 5.74) is 5.66. The van der Waals surface area contributed by atoms with Gasteiger partial charge in [0.15, 0.2) is 0 Å². The van der Waals surface area contributed by atoms with Crippen LogP contribution in [0.15, 0.2) is 26.4 Å². The van der Waals surface area contributed by atoms with Crippen molar-refractivity contribution in [2.45, 2.75) is 31.2 Å². The topological polar surface area (TPSA) is 124 Å². The van der Waals surface area contributed by atoms with E-state index in [9.17, 15) is 9.59 Å². The van der Waals surface area contributed by atoms with Gasteiger partial charge in [0.25, 0.3) is 11.1 Å². The maximum absolute atomic E-state index is 12.0. The number of amides is 3. The van der Waals surface area contributed by atoms with E-state index in [4.69, 9.17) is 14.6 Å². The van der Waals surface area contributed by atoms with E-state index in [0.29, 0.717) is 17.2 Å². The molecule has 0 aliphatic rings. The van der Waals surface area contributed by atoms with Gasteiger partial charge >= 0.3 is 6.03 Å². The Kier molecular flexibility index (Phi) is 4.86. The molecule has 0 aromatic carbocycles. The number of aryl methyl sites for hydroxylation is 1. The Bertz CT molecular complexity index is 679. The average Bonchev–Trinajstić information content (AvgIpc) is 3.03. The molecule has 0 bridgehead atoms. The molecule has 9 heteroatoms. The summed E-state index contributed by atoms with van der Waals surface area (Å²) < 4.78 is 10.7. The lowest BCUT2D eigenvalue weighted by molar-refractivity contribution is -0.120. The molecule has 2 aromatic rings. The van der Waals surface area contributed by atoms with Crippen LogP contribution in [0.25, 0.3) is 11.5 Å². The number of aromatic nitrogens is 2. The quantitative estimate of drug-likeness (QED) is 0.805. The second-order valence-electron chi connectivity index (χ2n) is 4.90. The van der Waals surface area contributed by atoms with Crippen LogP contribution < -0.4 is 11.1 Å². The molecule has 3 N–H and O–H groups in total. The molecule has 0 radical (unpaired) electrons. The number of furan rings is 1. The van der Waals surface area contributed by atoms with Crippen molar-refractivity contribution in [2.24, 2.45) is 11.7 Å². The fraction of sp³-hybridized carbons (Fsp3) is 0.385. The molecule has 3 amide bonds. The number of primary amides is 1. The van der Waals surface area contributed by atoms with E-state index < -0.39 is 17.2 Å². The van der Waals surface area contributed by atoms with Crippen molar-refractivity contribution in [3.05, 3.63) is 18.1 Å². The third-order valence-corrected chi connectivity index (χ3v) is 4.21. The Morgan fingerprint density at radius 3 is 2.64 bits per heavy atom. The van der Waals surface area contributed by atoms with Crippen LogP contribution in [0.5, 0.6) is 0 Å². The van der Waals surface area contributed by atoms with Gasteiger partial charge < -0.3 is 14.6 Å². The van der Waals surface area contributed by atoms with Crippen molar-refractivity contribution in [3.63, 3.8) is 0 Å². The predicted octanol–water partition coefficient (Wildman–Crippen LogP) is 1.95. The molecule has 1 atom stereocenters. The van der Waals surface area contributed by atoms with Crippen LogP contribution in [0.2, 0.25) is 0 Å². The highest BCUT2D eigenvalue weighted by Crippen LogP contribution is 2.30. The number of imide groups is 1. The molecule has 0 fully saturated rings. The predicted molar refractivity (Wildman–Crippen MR) is 78.9 cm³/mol. The smallest absolute Gasteiger partial charge is 0.318 e. The van der Waals surface area contributed by atoms with Gasteiger partial charge in [-0.25, -0.2) is 4.79 Å². The van der Waals surface area contributed by atoms with Gasteiger partial charge in [0.05, 0.1) is 17.1 Å². The van der Waals surface area contributed by atoms with Gasteiger partial charge in [-0.05, 0) is 18.9 Å². The van der Waals surface area contributed by atoms with Crippen LogP contribution in [0.4, 0.5) is 4.79 Å². The number of rotatable bonds is 5. The molecule has 0 aliphatic carbocycles. The zero-order valence-electron chi connectivity index (χ0n) is 12.3. The van der Waals surface area contributed by atoms with E-state index in [1.165, 1.54) is 6.26 Å². The van der Waals surface area contributed by atoms with Crippen LogP contribution in [-0.4, -0.2) is 27.4 Å². The third kappa shape index (κ3) is 3.67. The summed E-state index contributed by atoms with van der Waals surface area (Å²) in [4.78, 5) is 22.8. The van der Waals surface area contributed by atoms with Gasteiger partial charge in [-0.3, -0.25) is 10.1 Å². The minimum Gasteiger partial charge on any atom is -0.469 e. The van der Waals surface area contributed by atoms with Crippen LogP contribution in [0.3, 0.4) is 0 Å². The summed E-state index contributed by atoms with van der Waals surface area (Å²) in [6.45, 7) is 5.47. The molecule has 0 saturated carbocycles. The van der Waals surface area contributed by atoms with Gasteiger partial charge in [-0.1, -0.05) is 25.6 Å². The third-order valence-electron chi connectivity index (χ3n) is 2.83. The highest BCUT2D eigenvalue weighted by molar-refractivity contribution is 8.00. The van der Waals surface area contributed by atoms with Crippen molar-refractivity contribution >= 4 is 23.7 Å². The molecule has 2 rings (SSSR count). The summed E-state index contributed by atoms with van der Waals surface area (Å²) in [5, 5.41) is 9.55. The summed E-state index contributed by atoms with van der Waals surface area (Å²) in [6, 6.07) is 0.827. The number of hydrogen-bond donors (Lipinski definition) is 2. The van der Waals surface area contributed by atoms with Gasteiger partial charge in [-0.15, -0.1) is 10.2 Å². The van der Waals surface area contributed by atoms with Crippen LogP contribution in [0.1, 0.15) is 19.6 Å². The molecule has 2 aromatic heterocycles. The van der Waals surface area contributed by atoms with Gasteiger partial charge in [0.2, 0.25) is 5.91 Å². The maximum Gasteiger partial charge on any atom is 0.318 e. The molecular weight excluding hydrogens is 308 g/mol. The lowest BCUT2D eigenvalue weighted by Gasteiger charge is -2.16. The number of urea groups is 1. The first-order valence-corrected chi connectivity index (χ1v) is 7.41. The highest BCUT2D eigenvalue weighted by atomic mass is 32.2. The van der Waals surface area contributed by atoms with E-state index in [0.717, 1.165) is 11.8 Å². The number of nitrogens with zero attached hydrogens (tertiary/aromatic N) is 2. The van der Waals surface area contributed by atoms with E-state index >= 15 is 0 Å². The van der Waals surface area contributed by atoms with Crippen molar-refractivity contribution in [1.29, 1.82) is 0 Å². The molecule has 8 nitrogen and oxygen atoms in total. The summed E-state index contributed by atoms with van der Waals surface area (Å²) >= 11 is 1.08. The average molecular weight is 324 g/mol. The van der Waals surface area contributed by atoms with Gasteiger partial charge in [0, 0.05) is 0 Å². The van der Waals surface area contributed by atoms with Crippen LogP contribution >= 0.6 is 11.8 Å². The number of hydrogen-bond acceptors (Lipinski definition) is 7. The second kappa shape index (κ2) is 6.65. The van der Waals surface area contributed by atoms with E-state index in [1.807, 2.05) is 13.8 Å². The summed E-state index contributed by atoms with van der Waals surface area (Å²) in [5.74, 6) is 0.417. The zero-order chi connectivity index (χ0) is 16.3. The molecule has 22 heavy (non-hydrogen) atoms. The fourth-order valence-electron chi connectivity index (χ4n) is 1.77. The van der Waals surface area contributed by atoms with Crippen molar-refractivity contribution in [1.82, 2.24) is 15.5 Å². The van der Waals surface area contributed by atoms with E-state index in [1.54, 1.807) is 13.0 Å². The number of carbonyl (C=O) groups is 2. The molecule has 0 saturated heterocycles. The second-order valence-corrected chi connectivity index (χ2v) is 5.99. The minimum atomic E-state index is -0.892. The first-order valence-electron chi connectivity index (χ1n) is 6.53. The van der Waals surface area contributed by atoms with E-state index in [2.05, 4.69) is 15.5 Å². The van der Waals surface area contributed by atoms with E-state index in [-0.39, 0.29) is 11.1 Å². The Labute approximate surface area is 130 Å². The molecule has 2 heterocycles. The number of carbonyl (C=O) groups excluding carboxylic acids is 2. The molecule has 118 valence electrons. The standard InChI is InChI=1S/C13H16N4O4S/c1-6(2)9(10(18)15-12(14)19)22-13-17-16-11(21-13)8-4-5-20-7(8)3/h4-6,9H,1-3H3,(H3,14,15,18,19)/t9-/m0/s1. The Morgan fingerprint density at radius 1 is 1.36 bits per heavy atom. The summed E-state index contributed by atoms with van der Waals surface area (Å²) in [6.07, 6.45) is 1.53. The van der Waals surface area contributed by atoms with Crippen molar-refractivity contribution in [3.8, 4) is 11.5 Å². The monoisotopic (exact) mass is 324 g/mol. The normalized spacial score (nSPS) is 12.4. The Balaban J connectivity index is 2.14. The largest absolute Gasteiger partial charge is 0.469 e. The molecule has 0 aliphatic heterocycles. The lowest BCUT2D eigenvalue weighted by atomic mass is 10.1. The molecular formula is C13H16N4O4S. The van der Waals surface area contributed by atoms with Gasteiger partial charge in [0.1, 0.15) is 5.76 Å². The maximum atomic E-state index is 12.0. The van der Waals surface area contributed by atoms with Crippen LogP contribution in [0, 0.1) is 12.8 Å². The highest BCUT2D eigenvalue weighted by Gasteiger charge is 2.27.